The Balaban J connectivity index is 2.22. The Morgan fingerprint density at radius 2 is 2.28 bits per heavy atom. The van der Waals surface area contributed by atoms with Crippen molar-refractivity contribution in [3.05, 3.63) is 34.4 Å². The Bertz CT molecular complexity index is 630. The van der Waals surface area contributed by atoms with Crippen LogP contribution in [0.3, 0.4) is 0 Å². The van der Waals surface area contributed by atoms with Gasteiger partial charge >= 0.3 is 0 Å². The molecule has 2 rings (SSSR count). The largest absolute Gasteiger partial charge is 0.379 e. The van der Waals surface area contributed by atoms with Crippen LogP contribution in [-0.4, -0.2) is 20.8 Å². The highest BCUT2D eigenvalue weighted by atomic mass is 16.6. The van der Waals surface area contributed by atoms with E-state index in [-0.39, 0.29) is 17.1 Å². The summed E-state index contributed by atoms with van der Waals surface area (Å²) >= 11 is 0. The van der Waals surface area contributed by atoms with Gasteiger partial charge in [0.05, 0.1) is 5.69 Å². The van der Waals surface area contributed by atoms with Crippen molar-refractivity contribution in [2.24, 2.45) is 0 Å². The maximum Gasteiger partial charge on any atom is 0.281 e. The van der Waals surface area contributed by atoms with E-state index in [1.807, 2.05) is 6.92 Å². The summed E-state index contributed by atoms with van der Waals surface area (Å²) in [6.45, 7) is 2.34. The van der Waals surface area contributed by atoms with E-state index in [4.69, 9.17) is 5.73 Å². The molecule has 0 unspecified atom stereocenters. The molecule has 0 aliphatic heterocycles. The zero-order chi connectivity index (χ0) is 13.1. The Kier molecular flexibility index (Phi) is 3.09. The average molecular weight is 249 g/mol. The van der Waals surface area contributed by atoms with Crippen LogP contribution >= 0.6 is 0 Å². The van der Waals surface area contributed by atoms with Crippen molar-refractivity contribution in [1.82, 2.24) is 14.9 Å². The summed E-state index contributed by atoms with van der Waals surface area (Å²) in [5.74, 6) is -0.633. The summed E-state index contributed by atoms with van der Waals surface area (Å²) in [4.78, 5) is 23.1. The van der Waals surface area contributed by atoms with E-state index in [0.29, 0.717) is 12.2 Å². The predicted molar refractivity (Wildman–Crippen MR) is 63.0 cm³/mol. The summed E-state index contributed by atoms with van der Waals surface area (Å²) in [5, 5.41) is 9.23. The molecule has 0 saturated carbocycles. The maximum atomic E-state index is 11.7. The number of aromatic nitrogens is 3. The van der Waals surface area contributed by atoms with Crippen LogP contribution in [0.1, 0.15) is 17.4 Å². The first-order valence-electron chi connectivity index (χ1n) is 5.21. The van der Waals surface area contributed by atoms with Crippen LogP contribution in [0.5, 0.6) is 0 Å². The van der Waals surface area contributed by atoms with E-state index in [9.17, 15) is 9.59 Å². The molecular weight excluding hydrogens is 238 g/mol. The highest BCUT2D eigenvalue weighted by Crippen LogP contribution is 2.09. The van der Waals surface area contributed by atoms with E-state index in [1.54, 1.807) is 0 Å². The number of pyridine rings is 1. The van der Waals surface area contributed by atoms with Crippen molar-refractivity contribution < 1.29 is 9.42 Å². The van der Waals surface area contributed by atoms with Gasteiger partial charge in [-0.05, 0) is 23.3 Å². The Hall–Kier alpha value is -2.64. The molecule has 0 atom stereocenters. The number of nitrogens with one attached hydrogen (secondary N) is 1. The fourth-order valence-electron chi connectivity index (χ4n) is 1.40. The molecule has 0 radical (unpaired) electrons. The number of carbonyl (C=O) groups is 1. The second-order valence-corrected chi connectivity index (χ2v) is 3.49. The second kappa shape index (κ2) is 4.70. The first kappa shape index (κ1) is 11.8. The van der Waals surface area contributed by atoms with Crippen LogP contribution < -0.4 is 16.6 Å². The minimum atomic E-state index is -0.546. The molecule has 3 N–H and O–H groups in total. The number of aryl methyl sites for hydroxylation is 1. The van der Waals surface area contributed by atoms with Gasteiger partial charge in [-0.3, -0.25) is 9.59 Å². The van der Waals surface area contributed by atoms with Crippen LogP contribution in [0, 0.1) is 0 Å². The highest BCUT2D eigenvalue weighted by molar-refractivity contribution is 6.05. The van der Waals surface area contributed by atoms with Gasteiger partial charge in [0.1, 0.15) is 0 Å². The number of nitrogen functional groups attached to an aromatic ring is 1. The molecule has 0 aromatic carbocycles. The van der Waals surface area contributed by atoms with Crippen molar-refractivity contribution in [1.29, 1.82) is 0 Å². The van der Waals surface area contributed by atoms with Gasteiger partial charge in [0, 0.05) is 18.8 Å². The number of hydrogen-bond donors (Lipinski definition) is 2. The summed E-state index contributed by atoms with van der Waals surface area (Å²) < 4.78 is 5.79. The van der Waals surface area contributed by atoms with E-state index in [2.05, 4.69) is 20.3 Å². The van der Waals surface area contributed by atoms with Gasteiger partial charge < -0.3 is 15.6 Å². The number of carbonyl (C=O) groups excluding carboxylic acids is 1. The van der Waals surface area contributed by atoms with E-state index >= 15 is 0 Å². The molecule has 8 heteroatoms. The Morgan fingerprint density at radius 3 is 2.89 bits per heavy atom. The molecule has 0 bridgehead atoms. The lowest BCUT2D eigenvalue weighted by atomic mass is 10.3. The summed E-state index contributed by atoms with van der Waals surface area (Å²) in [6.07, 6.45) is 1.53. The van der Waals surface area contributed by atoms with Crippen molar-refractivity contribution in [2.45, 2.75) is 13.5 Å². The van der Waals surface area contributed by atoms with Gasteiger partial charge in [-0.25, -0.2) is 4.63 Å². The Morgan fingerprint density at radius 1 is 1.50 bits per heavy atom. The van der Waals surface area contributed by atoms with Crippen molar-refractivity contribution in [3.8, 4) is 0 Å². The predicted octanol–water partition coefficient (Wildman–Crippen LogP) is 0.0857. The molecule has 0 aliphatic rings. The lowest BCUT2D eigenvalue weighted by molar-refractivity contribution is 0.101. The third kappa shape index (κ3) is 2.21. The van der Waals surface area contributed by atoms with E-state index in [0.717, 1.165) is 0 Å². The number of anilines is 2. The molecule has 0 aliphatic carbocycles. The maximum absolute atomic E-state index is 11.7. The fourth-order valence-corrected chi connectivity index (χ4v) is 1.40. The van der Waals surface area contributed by atoms with E-state index < -0.39 is 5.91 Å². The number of nitrogens with zero attached hydrogens (tertiary/aromatic N) is 3. The molecule has 0 fully saturated rings. The molecule has 2 heterocycles. The molecule has 0 spiro atoms. The normalized spacial score (nSPS) is 10.3. The highest BCUT2D eigenvalue weighted by Gasteiger charge is 2.16. The first-order chi connectivity index (χ1) is 8.61. The van der Waals surface area contributed by atoms with E-state index in [1.165, 1.54) is 22.9 Å². The van der Waals surface area contributed by atoms with Crippen LogP contribution in [0.25, 0.3) is 0 Å². The first-order valence-corrected chi connectivity index (χ1v) is 5.21. The zero-order valence-corrected chi connectivity index (χ0v) is 9.58. The van der Waals surface area contributed by atoms with Crippen LogP contribution in [0.4, 0.5) is 11.5 Å². The molecule has 94 valence electrons. The average Bonchev–Trinajstić information content (AvgIpc) is 2.78. The van der Waals surface area contributed by atoms with Crippen molar-refractivity contribution >= 4 is 17.4 Å². The zero-order valence-electron chi connectivity index (χ0n) is 9.58. The van der Waals surface area contributed by atoms with Gasteiger partial charge in [0.2, 0.25) is 11.5 Å². The third-order valence-corrected chi connectivity index (χ3v) is 2.31. The molecule has 1 amide bonds. The molecule has 8 nitrogen and oxygen atoms in total. The molecule has 2 aromatic heterocycles. The van der Waals surface area contributed by atoms with Gasteiger partial charge in [-0.2, -0.15) is 0 Å². The number of rotatable bonds is 3. The molecule has 0 saturated heterocycles. The quantitative estimate of drug-likeness (QED) is 0.796. The lowest BCUT2D eigenvalue weighted by Gasteiger charge is -2.06. The lowest BCUT2D eigenvalue weighted by Crippen LogP contribution is -2.20. The Labute approximate surface area is 101 Å². The summed E-state index contributed by atoms with van der Waals surface area (Å²) in [6, 6.07) is 2.86. The van der Waals surface area contributed by atoms with Crippen molar-refractivity contribution in [2.75, 3.05) is 11.1 Å². The molecule has 18 heavy (non-hydrogen) atoms. The third-order valence-electron chi connectivity index (χ3n) is 2.31. The molecule has 2 aromatic rings. The minimum Gasteiger partial charge on any atom is -0.379 e. The van der Waals surface area contributed by atoms with Crippen LogP contribution in [0.2, 0.25) is 0 Å². The standard InChI is InChI=1S/C10H11N5O3/c1-2-15-5-6(3-4-7(15)16)12-10(17)8-9(11)14-18-13-8/h3-5H,2H2,1H3,(H2,11,14)(H,12,17). The number of hydrogen-bond acceptors (Lipinski definition) is 6. The number of amides is 1. The van der Waals surface area contributed by atoms with Gasteiger partial charge in [-0.15, -0.1) is 0 Å². The topological polar surface area (TPSA) is 116 Å². The SMILES string of the molecule is CCn1cc(NC(=O)c2nonc2N)ccc1=O. The summed E-state index contributed by atoms with van der Waals surface area (Å²) in [7, 11) is 0. The summed E-state index contributed by atoms with van der Waals surface area (Å²) in [5.41, 5.74) is 5.62. The van der Waals surface area contributed by atoms with Crippen LogP contribution in [-0.2, 0) is 6.54 Å². The van der Waals surface area contributed by atoms with Gasteiger partial charge in [0.15, 0.2) is 0 Å². The second-order valence-electron chi connectivity index (χ2n) is 3.49. The monoisotopic (exact) mass is 249 g/mol. The smallest absolute Gasteiger partial charge is 0.281 e. The molecular formula is C10H11N5O3. The fraction of sp³-hybridized carbons (Fsp3) is 0.200. The van der Waals surface area contributed by atoms with Gasteiger partial charge in [-0.1, -0.05) is 0 Å². The number of nitrogens with two attached hydrogens (primary N) is 1. The van der Waals surface area contributed by atoms with Crippen molar-refractivity contribution in [3.63, 3.8) is 0 Å². The minimum absolute atomic E-state index is 0.0867. The van der Waals surface area contributed by atoms with Crippen LogP contribution in [0.15, 0.2) is 27.8 Å². The van der Waals surface area contributed by atoms with Gasteiger partial charge in [0.25, 0.3) is 11.5 Å².